The standard InChI is InChI=1S/C21H9F5/c22-19-13-16-12-15(7-6-14-4-2-1-3-5-14)8-9-17(16)20(23)18(19)10-11-21(24,25)26/h1-5,8-9,12-13H. The minimum absolute atomic E-state index is 0.0249. The van der Waals surface area contributed by atoms with Crippen LogP contribution in [-0.4, -0.2) is 6.18 Å². The molecule has 0 radical (unpaired) electrons. The minimum Gasteiger partial charge on any atom is -0.205 e. The monoisotopic (exact) mass is 356 g/mol. The summed E-state index contributed by atoms with van der Waals surface area (Å²) in [6.07, 6.45) is -4.83. The SMILES string of the molecule is Fc1cc2cc(C#Cc3ccccc3)ccc2c(F)c1C#CC(F)(F)F. The Bertz CT molecular complexity index is 1090. The molecular weight excluding hydrogens is 347 g/mol. The summed E-state index contributed by atoms with van der Waals surface area (Å²) in [6.45, 7) is 0. The van der Waals surface area contributed by atoms with Crippen molar-refractivity contribution in [1.82, 2.24) is 0 Å². The van der Waals surface area contributed by atoms with Crippen LogP contribution in [0.2, 0.25) is 0 Å². The second-order valence-electron chi connectivity index (χ2n) is 5.35. The van der Waals surface area contributed by atoms with E-state index in [1.165, 1.54) is 24.1 Å². The molecule has 3 aromatic carbocycles. The molecule has 0 aromatic heterocycles. The molecule has 0 spiro atoms. The van der Waals surface area contributed by atoms with Crippen molar-refractivity contribution >= 4 is 10.8 Å². The van der Waals surface area contributed by atoms with Gasteiger partial charge in [0.25, 0.3) is 0 Å². The highest BCUT2D eigenvalue weighted by atomic mass is 19.4. The summed E-state index contributed by atoms with van der Waals surface area (Å²) in [5.41, 5.74) is 0.398. The van der Waals surface area contributed by atoms with Crippen molar-refractivity contribution in [2.24, 2.45) is 0 Å². The molecule has 3 aromatic rings. The third-order valence-electron chi connectivity index (χ3n) is 3.48. The summed E-state index contributed by atoms with van der Waals surface area (Å²) in [5, 5.41) is 0.167. The zero-order valence-corrected chi connectivity index (χ0v) is 13.1. The lowest BCUT2D eigenvalue weighted by atomic mass is 10.0. The highest BCUT2D eigenvalue weighted by Gasteiger charge is 2.23. The number of halogens is 5. The van der Waals surface area contributed by atoms with Gasteiger partial charge in [-0.05, 0) is 35.7 Å². The molecule has 0 fully saturated rings. The van der Waals surface area contributed by atoms with Gasteiger partial charge < -0.3 is 0 Å². The molecule has 0 aliphatic heterocycles. The Kier molecular flexibility index (Phi) is 4.65. The van der Waals surface area contributed by atoms with E-state index >= 15 is 0 Å². The molecular formula is C21H9F5. The largest absolute Gasteiger partial charge is 0.458 e. The first-order valence-corrected chi connectivity index (χ1v) is 7.42. The van der Waals surface area contributed by atoms with Crippen LogP contribution in [0.25, 0.3) is 10.8 Å². The van der Waals surface area contributed by atoms with Gasteiger partial charge in [0, 0.05) is 22.4 Å². The zero-order chi connectivity index (χ0) is 18.7. The summed E-state index contributed by atoms with van der Waals surface area (Å²) in [6, 6.07) is 14.4. The molecule has 0 heterocycles. The van der Waals surface area contributed by atoms with Crippen LogP contribution in [0.5, 0.6) is 0 Å². The molecule has 0 saturated heterocycles. The van der Waals surface area contributed by atoms with Crippen molar-refractivity contribution in [2.45, 2.75) is 6.18 Å². The third kappa shape index (κ3) is 4.02. The Morgan fingerprint density at radius 3 is 2.12 bits per heavy atom. The highest BCUT2D eigenvalue weighted by molar-refractivity contribution is 5.86. The first kappa shape index (κ1) is 17.5. The van der Waals surface area contributed by atoms with Crippen molar-refractivity contribution in [1.29, 1.82) is 0 Å². The predicted octanol–water partition coefficient (Wildman–Crippen LogP) is 5.43. The van der Waals surface area contributed by atoms with Crippen molar-refractivity contribution in [3.05, 3.63) is 82.9 Å². The molecule has 0 nitrogen and oxygen atoms in total. The third-order valence-corrected chi connectivity index (χ3v) is 3.48. The molecule has 26 heavy (non-hydrogen) atoms. The van der Waals surface area contributed by atoms with Gasteiger partial charge in [-0.25, -0.2) is 8.78 Å². The van der Waals surface area contributed by atoms with E-state index in [0.29, 0.717) is 5.56 Å². The number of hydrogen-bond acceptors (Lipinski definition) is 0. The van der Waals surface area contributed by atoms with E-state index in [1.807, 2.05) is 30.3 Å². The van der Waals surface area contributed by atoms with E-state index in [0.717, 1.165) is 17.6 Å². The Balaban J connectivity index is 2.04. The molecule has 0 unspecified atom stereocenters. The first-order chi connectivity index (χ1) is 12.3. The lowest BCUT2D eigenvalue weighted by Crippen LogP contribution is -2.02. The second-order valence-corrected chi connectivity index (χ2v) is 5.35. The van der Waals surface area contributed by atoms with Gasteiger partial charge >= 0.3 is 6.18 Å². The van der Waals surface area contributed by atoms with E-state index < -0.39 is 23.4 Å². The van der Waals surface area contributed by atoms with Crippen LogP contribution in [0.3, 0.4) is 0 Å². The normalized spacial score (nSPS) is 10.7. The van der Waals surface area contributed by atoms with Gasteiger partial charge in [0.2, 0.25) is 0 Å². The van der Waals surface area contributed by atoms with E-state index in [9.17, 15) is 22.0 Å². The lowest BCUT2D eigenvalue weighted by molar-refractivity contribution is -0.0696. The predicted molar refractivity (Wildman–Crippen MR) is 89.2 cm³/mol. The van der Waals surface area contributed by atoms with Gasteiger partial charge in [-0.15, -0.1) is 0 Å². The Morgan fingerprint density at radius 1 is 0.731 bits per heavy atom. The maximum atomic E-state index is 14.3. The van der Waals surface area contributed by atoms with Crippen molar-refractivity contribution in [2.75, 3.05) is 0 Å². The molecule has 0 bridgehead atoms. The van der Waals surface area contributed by atoms with Crippen molar-refractivity contribution in [3.63, 3.8) is 0 Å². The molecule has 0 aliphatic rings. The van der Waals surface area contributed by atoms with Crippen molar-refractivity contribution < 1.29 is 22.0 Å². The van der Waals surface area contributed by atoms with Crippen LogP contribution >= 0.6 is 0 Å². The van der Waals surface area contributed by atoms with Gasteiger partial charge in [0.15, 0.2) is 0 Å². The summed E-state index contributed by atoms with van der Waals surface area (Å²) >= 11 is 0. The smallest absolute Gasteiger partial charge is 0.205 e. The minimum atomic E-state index is -4.83. The van der Waals surface area contributed by atoms with Crippen LogP contribution < -0.4 is 0 Å². The number of benzene rings is 3. The van der Waals surface area contributed by atoms with E-state index in [4.69, 9.17) is 0 Å². The van der Waals surface area contributed by atoms with E-state index in [1.54, 1.807) is 0 Å². The number of fused-ring (bicyclic) bond motifs is 1. The lowest BCUT2D eigenvalue weighted by Gasteiger charge is -2.04. The second kappa shape index (κ2) is 6.90. The number of hydrogen-bond donors (Lipinski definition) is 0. The van der Waals surface area contributed by atoms with E-state index in [-0.39, 0.29) is 10.8 Å². The summed E-state index contributed by atoms with van der Waals surface area (Å²) < 4.78 is 64.8. The fourth-order valence-electron chi connectivity index (χ4n) is 2.32. The Hall–Kier alpha value is -3.31. The van der Waals surface area contributed by atoms with Crippen LogP contribution in [-0.2, 0) is 0 Å². The molecule has 0 atom stereocenters. The van der Waals surface area contributed by atoms with Gasteiger partial charge in [-0.2, -0.15) is 13.2 Å². The fraction of sp³-hybridized carbons (Fsp3) is 0.0476. The molecule has 0 N–H and O–H groups in total. The van der Waals surface area contributed by atoms with Crippen molar-refractivity contribution in [3.8, 4) is 23.7 Å². The molecule has 0 saturated carbocycles. The summed E-state index contributed by atoms with van der Waals surface area (Å²) in [5.74, 6) is 5.92. The number of alkyl halides is 3. The molecule has 3 rings (SSSR count). The Labute approximate surface area is 146 Å². The van der Waals surface area contributed by atoms with E-state index in [2.05, 4.69) is 11.8 Å². The van der Waals surface area contributed by atoms with Crippen LogP contribution in [0, 0.1) is 35.3 Å². The zero-order valence-electron chi connectivity index (χ0n) is 13.1. The summed E-state index contributed by atoms with van der Waals surface area (Å²) in [4.78, 5) is 0. The average Bonchev–Trinajstić information content (AvgIpc) is 2.59. The Morgan fingerprint density at radius 2 is 1.42 bits per heavy atom. The quantitative estimate of drug-likeness (QED) is 0.372. The van der Waals surface area contributed by atoms with Gasteiger partial charge in [0.05, 0.1) is 5.56 Å². The molecule has 128 valence electrons. The molecule has 0 amide bonds. The number of rotatable bonds is 0. The van der Waals surface area contributed by atoms with Gasteiger partial charge in [-0.3, -0.25) is 0 Å². The van der Waals surface area contributed by atoms with Crippen LogP contribution in [0.4, 0.5) is 22.0 Å². The fourth-order valence-corrected chi connectivity index (χ4v) is 2.32. The highest BCUT2D eigenvalue weighted by Crippen LogP contribution is 2.25. The summed E-state index contributed by atoms with van der Waals surface area (Å²) in [7, 11) is 0. The van der Waals surface area contributed by atoms with Gasteiger partial charge in [0.1, 0.15) is 11.6 Å². The maximum absolute atomic E-state index is 14.3. The van der Waals surface area contributed by atoms with Crippen LogP contribution in [0.15, 0.2) is 54.6 Å². The maximum Gasteiger partial charge on any atom is 0.458 e. The average molecular weight is 356 g/mol. The van der Waals surface area contributed by atoms with Crippen LogP contribution in [0.1, 0.15) is 16.7 Å². The first-order valence-electron chi connectivity index (χ1n) is 7.42. The molecule has 5 heteroatoms. The van der Waals surface area contributed by atoms with Gasteiger partial charge in [-0.1, -0.05) is 42.0 Å². The molecule has 0 aliphatic carbocycles. The topological polar surface area (TPSA) is 0 Å².